The Bertz CT molecular complexity index is 914. The Morgan fingerprint density at radius 2 is 1.80 bits per heavy atom. The smallest absolute Gasteiger partial charge is 0.276 e. The molecular formula is C18H19N5OS. The van der Waals surface area contributed by atoms with Gasteiger partial charge in [-0.25, -0.2) is 4.98 Å². The van der Waals surface area contributed by atoms with Crippen LogP contribution in [0.15, 0.2) is 59.9 Å². The number of hydrazine groups is 1. The highest BCUT2D eigenvalue weighted by Crippen LogP contribution is 2.25. The molecule has 128 valence electrons. The molecule has 0 saturated heterocycles. The zero-order valence-electron chi connectivity index (χ0n) is 14.0. The molecule has 3 aromatic rings. The first-order chi connectivity index (χ1) is 12.1. The molecule has 1 aromatic heterocycles. The number of hydrogen-bond donors (Lipinski definition) is 4. The van der Waals surface area contributed by atoms with Gasteiger partial charge in [0, 0.05) is 11.4 Å². The molecule has 0 bridgehead atoms. The third kappa shape index (κ3) is 3.78. The highest BCUT2D eigenvalue weighted by molar-refractivity contribution is 7.22. The fraction of sp³-hybridized carbons (Fsp3) is 0.111. The van der Waals surface area contributed by atoms with Crippen LogP contribution in [0.1, 0.15) is 12.5 Å². The van der Waals surface area contributed by atoms with Crippen molar-refractivity contribution in [1.29, 1.82) is 0 Å². The number of rotatable bonds is 5. The number of allylic oxidation sites excluding steroid dienone is 1. The highest BCUT2D eigenvalue weighted by atomic mass is 32.1. The van der Waals surface area contributed by atoms with Crippen LogP contribution in [0.2, 0.25) is 0 Å². The summed E-state index contributed by atoms with van der Waals surface area (Å²) in [6, 6.07) is 15.5. The van der Waals surface area contributed by atoms with Gasteiger partial charge in [-0.1, -0.05) is 41.7 Å². The normalized spacial score (nSPS) is 11.8. The van der Waals surface area contributed by atoms with Crippen molar-refractivity contribution in [2.75, 3.05) is 10.6 Å². The number of nitrogens with zero attached hydrogens (tertiary/aromatic N) is 1. The second kappa shape index (κ2) is 7.33. The SMILES string of the molecule is C/C(Nc1ccccc1C)=C(/NN)C(=O)Nc1nc2ccccc2s1. The van der Waals surface area contributed by atoms with E-state index >= 15 is 0 Å². The van der Waals surface area contributed by atoms with Crippen LogP contribution in [0.4, 0.5) is 10.8 Å². The maximum Gasteiger partial charge on any atom is 0.276 e. The molecule has 0 atom stereocenters. The average Bonchev–Trinajstić information content (AvgIpc) is 2.99. The average molecular weight is 353 g/mol. The summed E-state index contributed by atoms with van der Waals surface area (Å²) in [6.45, 7) is 3.78. The summed E-state index contributed by atoms with van der Waals surface area (Å²) in [5.41, 5.74) is 6.19. The molecule has 0 spiro atoms. The van der Waals surface area contributed by atoms with Crippen molar-refractivity contribution in [1.82, 2.24) is 10.4 Å². The van der Waals surface area contributed by atoms with Gasteiger partial charge in [0.25, 0.3) is 5.91 Å². The van der Waals surface area contributed by atoms with Crippen LogP contribution < -0.4 is 21.9 Å². The summed E-state index contributed by atoms with van der Waals surface area (Å²) < 4.78 is 1.01. The minimum absolute atomic E-state index is 0.252. The fourth-order valence-corrected chi connectivity index (χ4v) is 3.27. The van der Waals surface area contributed by atoms with Gasteiger partial charge in [-0.15, -0.1) is 0 Å². The second-order valence-corrected chi connectivity index (χ2v) is 6.56. The molecule has 3 rings (SSSR count). The monoisotopic (exact) mass is 353 g/mol. The molecule has 5 N–H and O–H groups in total. The number of amides is 1. The molecule has 2 aromatic carbocycles. The lowest BCUT2D eigenvalue weighted by molar-refractivity contribution is -0.113. The number of benzene rings is 2. The Morgan fingerprint density at radius 1 is 1.08 bits per heavy atom. The Hall–Kier alpha value is -2.90. The largest absolute Gasteiger partial charge is 0.357 e. The zero-order valence-corrected chi connectivity index (χ0v) is 14.8. The van der Waals surface area contributed by atoms with E-state index in [0.29, 0.717) is 10.8 Å². The van der Waals surface area contributed by atoms with E-state index in [1.165, 1.54) is 11.3 Å². The summed E-state index contributed by atoms with van der Waals surface area (Å²) in [6.07, 6.45) is 0. The van der Waals surface area contributed by atoms with Gasteiger partial charge >= 0.3 is 0 Å². The Balaban J connectivity index is 1.81. The molecule has 25 heavy (non-hydrogen) atoms. The number of aromatic nitrogens is 1. The number of nitrogens with one attached hydrogen (secondary N) is 3. The molecule has 0 aliphatic rings. The number of anilines is 2. The topological polar surface area (TPSA) is 92.1 Å². The number of nitrogens with two attached hydrogens (primary N) is 1. The van der Waals surface area contributed by atoms with Gasteiger partial charge in [-0.05, 0) is 37.6 Å². The molecule has 0 radical (unpaired) electrons. The Labute approximate surface area is 149 Å². The maximum absolute atomic E-state index is 12.6. The van der Waals surface area contributed by atoms with Crippen molar-refractivity contribution >= 4 is 38.3 Å². The molecule has 1 amide bonds. The van der Waals surface area contributed by atoms with Gasteiger partial charge in [-0.2, -0.15) is 0 Å². The molecule has 0 aliphatic carbocycles. The third-order valence-electron chi connectivity index (χ3n) is 3.73. The summed E-state index contributed by atoms with van der Waals surface area (Å²) in [5.74, 6) is 5.22. The van der Waals surface area contributed by atoms with Crippen molar-refractivity contribution in [3.05, 3.63) is 65.5 Å². The van der Waals surface area contributed by atoms with Crippen molar-refractivity contribution in [3.63, 3.8) is 0 Å². The maximum atomic E-state index is 12.6. The number of carbonyl (C=O) groups is 1. The van der Waals surface area contributed by atoms with E-state index in [4.69, 9.17) is 5.84 Å². The van der Waals surface area contributed by atoms with E-state index < -0.39 is 0 Å². The standard InChI is InChI=1S/C18H19N5OS/c1-11-7-3-4-8-13(11)20-12(2)16(23-19)17(24)22-18-21-14-9-5-6-10-15(14)25-18/h3-10,20,23H,19H2,1-2H3,(H,21,22,24)/b16-12-. The molecule has 1 heterocycles. The van der Waals surface area contributed by atoms with E-state index in [9.17, 15) is 4.79 Å². The number of fused-ring (bicyclic) bond motifs is 1. The van der Waals surface area contributed by atoms with Crippen LogP contribution in [-0.2, 0) is 4.79 Å². The van der Waals surface area contributed by atoms with E-state index in [1.807, 2.05) is 55.5 Å². The van der Waals surface area contributed by atoms with E-state index in [-0.39, 0.29) is 11.6 Å². The van der Waals surface area contributed by atoms with E-state index in [2.05, 4.69) is 21.0 Å². The van der Waals surface area contributed by atoms with Gasteiger partial charge in [-0.3, -0.25) is 16.0 Å². The zero-order chi connectivity index (χ0) is 17.8. The predicted molar refractivity (Wildman–Crippen MR) is 103 cm³/mol. The number of hydrogen-bond acceptors (Lipinski definition) is 6. The molecule has 0 fully saturated rings. The van der Waals surface area contributed by atoms with Crippen molar-refractivity contribution in [2.45, 2.75) is 13.8 Å². The van der Waals surface area contributed by atoms with Crippen LogP contribution in [0, 0.1) is 6.92 Å². The van der Waals surface area contributed by atoms with Crippen LogP contribution in [-0.4, -0.2) is 10.9 Å². The summed E-state index contributed by atoms with van der Waals surface area (Å²) in [4.78, 5) is 17.0. The predicted octanol–water partition coefficient (Wildman–Crippen LogP) is 3.35. The number of para-hydroxylation sites is 2. The summed E-state index contributed by atoms with van der Waals surface area (Å²) in [7, 11) is 0. The van der Waals surface area contributed by atoms with Gasteiger partial charge < -0.3 is 10.7 Å². The molecule has 7 heteroatoms. The second-order valence-electron chi connectivity index (χ2n) is 5.53. The van der Waals surface area contributed by atoms with Gasteiger partial charge in [0.15, 0.2) is 5.13 Å². The van der Waals surface area contributed by atoms with E-state index in [0.717, 1.165) is 21.5 Å². The van der Waals surface area contributed by atoms with Crippen LogP contribution in [0.5, 0.6) is 0 Å². The molecule has 0 unspecified atom stereocenters. The molecule has 6 nitrogen and oxygen atoms in total. The molecular weight excluding hydrogens is 334 g/mol. The lowest BCUT2D eigenvalue weighted by Crippen LogP contribution is -2.33. The van der Waals surface area contributed by atoms with Crippen LogP contribution in [0.3, 0.4) is 0 Å². The first-order valence-corrected chi connectivity index (χ1v) is 8.57. The minimum atomic E-state index is -0.347. The number of carbonyl (C=O) groups excluding carboxylic acids is 1. The quantitative estimate of drug-likeness (QED) is 0.321. The minimum Gasteiger partial charge on any atom is -0.357 e. The van der Waals surface area contributed by atoms with Gasteiger partial charge in [0.1, 0.15) is 5.70 Å². The third-order valence-corrected chi connectivity index (χ3v) is 4.68. The number of aryl methyl sites for hydroxylation is 1. The van der Waals surface area contributed by atoms with E-state index in [1.54, 1.807) is 6.92 Å². The summed E-state index contributed by atoms with van der Waals surface area (Å²) >= 11 is 1.42. The van der Waals surface area contributed by atoms with Crippen molar-refractivity contribution < 1.29 is 4.79 Å². The molecule has 0 saturated carbocycles. The lowest BCUT2D eigenvalue weighted by Gasteiger charge is -2.14. The van der Waals surface area contributed by atoms with Crippen LogP contribution in [0.25, 0.3) is 10.2 Å². The first kappa shape index (κ1) is 16.9. The Kier molecular flexibility index (Phi) is 4.97. The number of thiazole rings is 1. The summed E-state index contributed by atoms with van der Waals surface area (Å²) in [5, 5.41) is 6.54. The highest BCUT2D eigenvalue weighted by Gasteiger charge is 2.15. The van der Waals surface area contributed by atoms with Gasteiger partial charge in [0.05, 0.1) is 10.2 Å². The first-order valence-electron chi connectivity index (χ1n) is 7.75. The van der Waals surface area contributed by atoms with Crippen molar-refractivity contribution in [2.24, 2.45) is 5.84 Å². The van der Waals surface area contributed by atoms with Crippen LogP contribution >= 0.6 is 11.3 Å². The Morgan fingerprint density at radius 3 is 2.52 bits per heavy atom. The van der Waals surface area contributed by atoms with Crippen molar-refractivity contribution in [3.8, 4) is 0 Å². The van der Waals surface area contributed by atoms with Gasteiger partial charge in [0.2, 0.25) is 0 Å². The lowest BCUT2D eigenvalue weighted by atomic mass is 10.2. The molecule has 0 aliphatic heterocycles. The fourth-order valence-electron chi connectivity index (χ4n) is 2.41.